The third-order valence-electron chi connectivity index (χ3n) is 5.35. The van der Waals surface area contributed by atoms with E-state index in [-0.39, 0.29) is 0 Å². The average Bonchev–Trinajstić information content (AvgIpc) is 3.27. The summed E-state index contributed by atoms with van der Waals surface area (Å²) < 4.78 is 1.05. The van der Waals surface area contributed by atoms with Crippen LogP contribution in [0.3, 0.4) is 0 Å². The molecule has 2 N–H and O–H groups in total. The Morgan fingerprint density at radius 1 is 1.25 bits per heavy atom. The number of nitrogens with one attached hydrogen (secondary N) is 2. The van der Waals surface area contributed by atoms with Crippen LogP contribution >= 0.6 is 11.3 Å². The number of aromatic nitrogens is 4. The van der Waals surface area contributed by atoms with Crippen molar-refractivity contribution in [2.45, 2.75) is 25.2 Å². The highest BCUT2D eigenvalue weighted by Gasteiger charge is 2.26. The summed E-state index contributed by atoms with van der Waals surface area (Å²) in [6.45, 7) is 4.44. The standard InChI is InChI=1S/C19H22N8S/c20-5-1-6-26-7-9-27(10-8-26)19-21-14-4-11-28-17(14)18(23-19)22-16-12-15(24-25-16)13-2-3-13/h4,11-13H,1-3,6-10H2,(H2,21,22,23,24,25). The first-order valence-electron chi connectivity index (χ1n) is 9.72. The summed E-state index contributed by atoms with van der Waals surface area (Å²) in [7, 11) is 0. The van der Waals surface area contributed by atoms with Crippen molar-refractivity contribution in [1.29, 1.82) is 5.26 Å². The van der Waals surface area contributed by atoms with Gasteiger partial charge >= 0.3 is 0 Å². The van der Waals surface area contributed by atoms with Gasteiger partial charge in [0.1, 0.15) is 0 Å². The predicted octanol–water partition coefficient (Wildman–Crippen LogP) is 3.07. The van der Waals surface area contributed by atoms with E-state index in [1.165, 1.54) is 18.5 Å². The predicted molar refractivity (Wildman–Crippen MR) is 110 cm³/mol. The van der Waals surface area contributed by atoms with Crippen LogP contribution < -0.4 is 10.2 Å². The monoisotopic (exact) mass is 394 g/mol. The topological polar surface area (TPSA) is 96.8 Å². The molecule has 0 spiro atoms. The van der Waals surface area contributed by atoms with Crippen molar-refractivity contribution >= 4 is 39.1 Å². The number of piperazine rings is 1. The third-order valence-corrected chi connectivity index (χ3v) is 6.26. The SMILES string of the molecule is N#CCCN1CCN(c2nc(Nc3cc(C4CC4)[nH]n3)c3sccc3n2)CC1. The van der Waals surface area contributed by atoms with E-state index in [1.807, 2.05) is 11.4 Å². The van der Waals surface area contributed by atoms with Crippen LogP contribution in [0, 0.1) is 11.3 Å². The van der Waals surface area contributed by atoms with Gasteiger partial charge in [-0.15, -0.1) is 11.3 Å². The lowest BCUT2D eigenvalue weighted by atomic mass is 10.3. The molecule has 1 saturated carbocycles. The van der Waals surface area contributed by atoms with Gasteiger partial charge in [0.2, 0.25) is 5.95 Å². The summed E-state index contributed by atoms with van der Waals surface area (Å²) >= 11 is 1.64. The van der Waals surface area contributed by atoms with Crippen molar-refractivity contribution in [1.82, 2.24) is 25.1 Å². The van der Waals surface area contributed by atoms with E-state index >= 15 is 0 Å². The zero-order chi connectivity index (χ0) is 18.9. The zero-order valence-corrected chi connectivity index (χ0v) is 16.4. The first-order valence-corrected chi connectivity index (χ1v) is 10.6. The summed E-state index contributed by atoms with van der Waals surface area (Å²) in [6, 6.07) is 6.35. The maximum absolute atomic E-state index is 8.77. The maximum Gasteiger partial charge on any atom is 0.228 e. The second kappa shape index (κ2) is 7.37. The number of aromatic amines is 1. The van der Waals surface area contributed by atoms with Crippen molar-refractivity contribution in [3.8, 4) is 6.07 Å². The molecule has 28 heavy (non-hydrogen) atoms. The normalized spacial score (nSPS) is 17.8. The van der Waals surface area contributed by atoms with Gasteiger partial charge in [-0.1, -0.05) is 0 Å². The number of hydrogen-bond donors (Lipinski definition) is 2. The van der Waals surface area contributed by atoms with Gasteiger partial charge < -0.3 is 10.2 Å². The van der Waals surface area contributed by atoms with Crippen molar-refractivity contribution < 1.29 is 0 Å². The Balaban J connectivity index is 1.36. The van der Waals surface area contributed by atoms with Gasteiger partial charge in [0.05, 0.1) is 16.3 Å². The summed E-state index contributed by atoms with van der Waals surface area (Å²) in [5.41, 5.74) is 2.16. The lowest BCUT2D eigenvalue weighted by Crippen LogP contribution is -2.47. The second-order valence-corrected chi connectivity index (χ2v) is 8.27. The van der Waals surface area contributed by atoms with Gasteiger partial charge in [0.25, 0.3) is 0 Å². The lowest BCUT2D eigenvalue weighted by molar-refractivity contribution is 0.262. The number of nitrogens with zero attached hydrogens (tertiary/aromatic N) is 6. The molecule has 3 aromatic rings. The fourth-order valence-electron chi connectivity index (χ4n) is 3.58. The molecule has 3 aromatic heterocycles. The molecule has 0 aromatic carbocycles. The minimum atomic E-state index is 0.581. The number of H-pyrrole nitrogens is 1. The molecule has 0 atom stereocenters. The van der Waals surface area contributed by atoms with Crippen molar-refractivity contribution in [3.63, 3.8) is 0 Å². The van der Waals surface area contributed by atoms with Crippen LogP contribution in [-0.4, -0.2) is 57.8 Å². The Morgan fingerprint density at radius 2 is 2.11 bits per heavy atom. The molecule has 5 rings (SSSR count). The van der Waals surface area contributed by atoms with E-state index in [0.717, 1.165) is 60.5 Å². The summed E-state index contributed by atoms with van der Waals surface area (Å²) in [5, 5.41) is 21.8. The van der Waals surface area contributed by atoms with Gasteiger partial charge in [-0.25, -0.2) is 4.98 Å². The molecule has 0 bridgehead atoms. The van der Waals surface area contributed by atoms with Crippen molar-refractivity contribution in [2.75, 3.05) is 42.9 Å². The minimum absolute atomic E-state index is 0.581. The molecule has 9 heteroatoms. The fraction of sp³-hybridized carbons (Fsp3) is 0.474. The number of rotatable bonds is 6. The van der Waals surface area contributed by atoms with Crippen molar-refractivity contribution in [2.24, 2.45) is 0 Å². The molecule has 0 radical (unpaired) electrons. The van der Waals surface area contributed by atoms with Crippen LogP contribution in [0.15, 0.2) is 17.5 Å². The molecule has 2 fully saturated rings. The van der Waals surface area contributed by atoms with E-state index in [1.54, 1.807) is 11.3 Å². The molecule has 2 aliphatic rings. The Bertz CT molecular complexity index is 1010. The minimum Gasteiger partial charge on any atom is -0.338 e. The summed E-state index contributed by atoms with van der Waals surface area (Å²) in [6.07, 6.45) is 3.07. The van der Waals surface area contributed by atoms with Crippen molar-refractivity contribution in [3.05, 3.63) is 23.2 Å². The summed E-state index contributed by atoms with van der Waals surface area (Å²) in [5.74, 6) is 3.02. The van der Waals surface area contributed by atoms with Crippen LogP contribution in [0.2, 0.25) is 0 Å². The molecule has 1 saturated heterocycles. The van der Waals surface area contributed by atoms with Gasteiger partial charge in [-0.2, -0.15) is 15.3 Å². The Labute approximate surface area is 167 Å². The highest BCUT2D eigenvalue weighted by Crippen LogP contribution is 2.40. The van der Waals surface area contributed by atoms with Crippen LogP contribution in [0.4, 0.5) is 17.6 Å². The smallest absolute Gasteiger partial charge is 0.228 e. The maximum atomic E-state index is 8.77. The van der Waals surface area contributed by atoms with E-state index < -0.39 is 0 Å². The van der Waals surface area contributed by atoms with E-state index in [4.69, 9.17) is 15.2 Å². The Morgan fingerprint density at radius 3 is 2.89 bits per heavy atom. The van der Waals surface area contributed by atoms with Crippen LogP contribution in [0.25, 0.3) is 10.2 Å². The van der Waals surface area contributed by atoms with E-state index in [9.17, 15) is 0 Å². The number of thiophene rings is 1. The zero-order valence-electron chi connectivity index (χ0n) is 15.6. The van der Waals surface area contributed by atoms with E-state index in [0.29, 0.717) is 12.3 Å². The quantitative estimate of drug-likeness (QED) is 0.663. The first kappa shape index (κ1) is 17.4. The number of nitriles is 1. The van der Waals surface area contributed by atoms with Crippen LogP contribution in [-0.2, 0) is 0 Å². The highest BCUT2D eigenvalue weighted by molar-refractivity contribution is 7.17. The average molecular weight is 395 g/mol. The molecule has 1 aliphatic heterocycles. The Hall–Kier alpha value is -2.70. The molecule has 8 nitrogen and oxygen atoms in total. The van der Waals surface area contributed by atoms with Crippen LogP contribution in [0.5, 0.6) is 0 Å². The first-order chi connectivity index (χ1) is 13.8. The van der Waals surface area contributed by atoms with Gasteiger partial charge in [0, 0.05) is 56.8 Å². The fourth-order valence-corrected chi connectivity index (χ4v) is 4.36. The van der Waals surface area contributed by atoms with E-state index in [2.05, 4.69) is 37.4 Å². The molecular formula is C19H22N8S. The Kier molecular flexibility index (Phi) is 4.58. The molecule has 4 heterocycles. The molecule has 0 unspecified atom stereocenters. The number of anilines is 3. The molecular weight excluding hydrogens is 372 g/mol. The van der Waals surface area contributed by atoms with Gasteiger partial charge in [0.15, 0.2) is 11.6 Å². The second-order valence-electron chi connectivity index (χ2n) is 7.35. The summed E-state index contributed by atoms with van der Waals surface area (Å²) in [4.78, 5) is 14.2. The third kappa shape index (κ3) is 3.53. The number of fused-ring (bicyclic) bond motifs is 1. The number of hydrogen-bond acceptors (Lipinski definition) is 8. The van der Waals surface area contributed by atoms with Gasteiger partial charge in [-0.05, 0) is 24.3 Å². The highest BCUT2D eigenvalue weighted by atomic mass is 32.1. The lowest BCUT2D eigenvalue weighted by Gasteiger charge is -2.34. The molecule has 144 valence electrons. The molecule has 0 amide bonds. The molecule has 1 aliphatic carbocycles. The largest absolute Gasteiger partial charge is 0.338 e. The van der Waals surface area contributed by atoms with Gasteiger partial charge in [-0.3, -0.25) is 10.00 Å². The van der Waals surface area contributed by atoms with Crippen LogP contribution in [0.1, 0.15) is 30.9 Å².